The van der Waals surface area contributed by atoms with Gasteiger partial charge in [-0.15, -0.1) is 0 Å². The molecule has 4 nitrogen and oxygen atoms in total. The van der Waals surface area contributed by atoms with Gasteiger partial charge in [0, 0.05) is 24.8 Å². The molecule has 0 aromatic heterocycles. The van der Waals surface area contributed by atoms with Crippen LogP contribution in [0.25, 0.3) is 0 Å². The second-order valence-electron chi connectivity index (χ2n) is 4.05. The van der Waals surface area contributed by atoms with Gasteiger partial charge in [-0.1, -0.05) is 23.2 Å². The number of carbonyl (C=O) groups excluding carboxylic acids is 1. The van der Waals surface area contributed by atoms with Crippen LogP contribution in [0.5, 0.6) is 0 Å². The van der Waals surface area contributed by atoms with Gasteiger partial charge in [-0.05, 0) is 24.6 Å². The zero-order chi connectivity index (χ0) is 12.4. The fraction of sp³-hybridized carbons (Fsp3) is 0.364. The maximum absolute atomic E-state index is 11.8. The Morgan fingerprint density at radius 1 is 1.41 bits per heavy atom. The zero-order valence-electron chi connectivity index (χ0n) is 9.12. The van der Waals surface area contributed by atoms with Crippen molar-refractivity contribution in [1.29, 1.82) is 0 Å². The van der Waals surface area contributed by atoms with E-state index in [1.165, 1.54) is 0 Å². The third-order valence-electron chi connectivity index (χ3n) is 2.68. The number of hydrogen-bond acceptors (Lipinski definition) is 2. The molecule has 0 spiro atoms. The van der Waals surface area contributed by atoms with Crippen molar-refractivity contribution in [3.8, 4) is 0 Å². The molecule has 1 aliphatic heterocycles. The van der Waals surface area contributed by atoms with Crippen molar-refractivity contribution in [1.82, 2.24) is 4.90 Å². The maximum Gasteiger partial charge on any atom is 0.321 e. The van der Waals surface area contributed by atoms with E-state index < -0.39 is 0 Å². The van der Waals surface area contributed by atoms with Crippen molar-refractivity contribution in [3.63, 3.8) is 0 Å². The summed E-state index contributed by atoms with van der Waals surface area (Å²) in [6.45, 7) is 1.28. The van der Waals surface area contributed by atoms with E-state index in [0.717, 1.165) is 6.42 Å². The van der Waals surface area contributed by atoms with Crippen LogP contribution >= 0.6 is 23.2 Å². The van der Waals surface area contributed by atoms with Gasteiger partial charge in [-0.2, -0.15) is 0 Å². The predicted octanol–water partition coefficient (Wildman–Crippen LogP) is 2.56. The molecule has 0 radical (unpaired) electrons. The molecule has 1 fully saturated rings. The molecule has 1 aromatic rings. The number of likely N-dealkylation sites (tertiary alicyclic amines) is 1. The predicted molar refractivity (Wildman–Crippen MR) is 69.6 cm³/mol. The summed E-state index contributed by atoms with van der Waals surface area (Å²) in [4.78, 5) is 13.5. The summed E-state index contributed by atoms with van der Waals surface area (Å²) in [7, 11) is 0. The average Bonchev–Trinajstić information content (AvgIpc) is 2.70. The van der Waals surface area contributed by atoms with Gasteiger partial charge >= 0.3 is 6.03 Å². The summed E-state index contributed by atoms with van der Waals surface area (Å²) in [6.07, 6.45) is 0.842. The van der Waals surface area contributed by atoms with E-state index in [4.69, 9.17) is 28.9 Å². The summed E-state index contributed by atoms with van der Waals surface area (Å²) in [5, 5.41) is 3.65. The van der Waals surface area contributed by atoms with E-state index in [9.17, 15) is 4.79 Å². The molecule has 1 heterocycles. The van der Waals surface area contributed by atoms with Gasteiger partial charge in [0.1, 0.15) is 0 Å². The molecular weight excluding hydrogens is 261 g/mol. The van der Waals surface area contributed by atoms with Crippen LogP contribution in [0.2, 0.25) is 10.0 Å². The number of hydrogen-bond donors (Lipinski definition) is 2. The Balaban J connectivity index is 2.00. The molecule has 92 valence electrons. The van der Waals surface area contributed by atoms with Gasteiger partial charge in [0.05, 0.1) is 10.0 Å². The van der Waals surface area contributed by atoms with Gasteiger partial charge in [0.25, 0.3) is 0 Å². The molecule has 0 bridgehead atoms. The van der Waals surface area contributed by atoms with Gasteiger partial charge in [-0.25, -0.2) is 4.79 Å². The molecule has 3 N–H and O–H groups in total. The minimum Gasteiger partial charge on any atom is -0.326 e. The van der Waals surface area contributed by atoms with Crippen LogP contribution in [0.1, 0.15) is 6.42 Å². The normalized spacial score (nSPS) is 19.5. The Bertz CT molecular complexity index is 439. The molecule has 1 saturated heterocycles. The smallest absolute Gasteiger partial charge is 0.321 e. The maximum atomic E-state index is 11.8. The standard InChI is InChI=1S/C11H13Cl2N3O/c12-9-2-1-8(5-10(9)13)15-11(17)16-4-3-7(14)6-16/h1-2,5,7H,3-4,6,14H2,(H,15,17)/t7-/m1/s1. The highest BCUT2D eigenvalue weighted by atomic mass is 35.5. The molecule has 6 heteroatoms. The monoisotopic (exact) mass is 273 g/mol. The van der Waals surface area contributed by atoms with E-state index in [0.29, 0.717) is 28.8 Å². The summed E-state index contributed by atoms with van der Waals surface area (Å²) >= 11 is 11.7. The number of anilines is 1. The number of nitrogens with one attached hydrogen (secondary N) is 1. The molecule has 2 amide bonds. The number of nitrogens with zero attached hydrogens (tertiary/aromatic N) is 1. The first kappa shape index (κ1) is 12.5. The second kappa shape index (κ2) is 5.12. The van der Waals surface area contributed by atoms with Crippen LogP contribution in [0, 0.1) is 0 Å². The van der Waals surface area contributed by atoms with E-state index in [2.05, 4.69) is 5.32 Å². The number of benzene rings is 1. The fourth-order valence-corrected chi connectivity index (χ4v) is 2.05. The van der Waals surface area contributed by atoms with Crippen molar-refractivity contribution >= 4 is 34.9 Å². The molecule has 2 rings (SSSR count). The molecule has 1 aromatic carbocycles. The number of halogens is 2. The van der Waals surface area contributed by atoms with Crippen LogP contribution in [0.3, 0.4) is 0 Å². The van der Waals surface area contributed by atoms with Crippen molar-refractivity contribution in [3.05, 3.63) is 28.2 Å². The Kier molecular flexibility index (Phi) is 3.76. The Labute approximate surface area is 110 Å². The third kappa shape index (κ3) is 3.03. The lowest BCUT2D eigenvalue weighted by atomic mass is 10.3. The summed E-state index contributed by atoms with van der Waals surface area (Å²) < 4.78 is 0. The van der Waals surface area contributed by atoms with Gasteiger partial charge < -0.3 is 16.0 Å². The molecule has 0 aliphatic carbocycles. The van der Waals surface area contributed by atoms with Gasteiger partial charge in [-0.3, -0.25) is 0 Å². The van der Waals surface area contributed by atoms with Crippen LogP contribution in [0.15, 0.2) is 18.2 Å². The molecule has 0 unspecified atom stereocenters. The van der Waals surface area contributed by atoms with Crippen molar-refractivity contribution in [2.24, 2.45) is 5.73 Å². The molecule has 0 saturated carbocycles. The molecule has 1 atom stereocenters. The highest BCUT2D eigenvalue weighted by Gasteiger charge is 2.23. The van der Waals surface area contributed by atoms with Crippen LogP contribution < -0.4 is 11.1 Å². The lowest BCUT2D eigenvalue weighted by molar-refractivity contribution is 0.222. The lowest BCUT2D eigenvalue weighted by Crippen LogP contribution is -2.35. The number of nitrogens with two attached hydrogens (primary N) is 1. The first-order chi connectivity index (χ1) is 8.06. The average molecular weight is 274 g/mol. The van der Waals surface area contributed by atoms with Gasteiger partial charge in [0.2, 0.25) is 0 Å². The summed E-state index contributed by atoms with van der Waals surface area (Å²) in [6, 6.07) is 4.90. The third-order valence-corrected chi connectivity index (χ3v) is 3.42. The Hall–Kier alpha value is -0.970. The van der Waals surface area contributed by atoms with Crippen molar-refractivity contribution in [2.45, 2.75) is 12.5 Å². The second-order valence-corrected chi connectivity index (χ2v) is 4.87. The summed E-state index contributed by atoms with van der Waals surface area (Å²) in [5.41, 5.74) is 6.37. The van der Waals surface area contributed by atoms with E-state index in [1.807, 2.05) is 0 Å². The van der Waals surface area contributed by atoms with E-state index in [-0.39, 0.29) is 12.1 Å². The van der Waals surface area contributed by atoms with Crippen LogP contribution in [0.4, 0.5) is 10.5 Å². The first-order valence-electron chi connectivity index (χ1n) is 5.33. The highest BCUT2D eigenvalue weighted by Crippen LogP contribution is 2.25. The number of urea groups is 1. The quantitative estimate of drug-likeness (QED) is 0.826. The summed E-state index contributed by atoms with van der Waals surface area (Å²) in [5.74, 6) is 0. The number of carbonyl (C=O) groups is 1. The Morgan fingerprint density at radius 3 is 2.76 bits per heavy atom. The molecular formula is C11H13Cl2N3O. The Morgan fingerprint density at radius 2 is 2.18 bits per heavy atom. The van der Waals surface area contributed by atoms with Crippen LogP contribution in [-0.4, -0.2) is 30.1 Å². The van der Waals surface area contributed by atoms with Crippen molar-refractivity contribution < 1.29 is 4.79 Å². The minimum absolute atomic E-state index is 0.0783. The van der Waals surface area contributed by atoms with Gasteiger partial charge in [0.15, 0.2) is 0 Å². The van der Waals surface area contributed by atoms with Crippen molar-refractivity contribution in [2.75, 3.05) is 18.4 Å². The fourth-order valence-electron chi connectivity index (χ4n) is 1.75. The number of rotatable bonds is 1. The van der Waals surface area contributed by atoms with E-state index >= 15 is 0 Å². The first-order valence-corrected chi connectivity index (χ1v) is 6.08. The van der Waals surface area contributed by atoms with Crippen LogP contribution in [-0.2, 0) is 0 Å². The minimum atomic E-state index is -0.156. The van der Waals surface area contributed by atoms with E-state index in [1.54, 1.807) is 23.1 Å². The zero-order valence-corrected chi connectivity index (χ0v) is 10.6. The molecule has 1 aliphatic rings. The topological polar surface area (TPSA) is 58.4 Å². The lowest BCUT2D eigenvalue weighted by Gasteiger charge is -2.16. The molecule has 17 heavy (non-hydrogen) atoms. The number of amides is 2. The highest BCUT2D eigenvalue weighted by molar-refractivity contribution is 6.42. The largest absolute Gasteiger partial charge is 0.326 e. The SMILES string of the molecule is N[C@@H]1CCN(C(=O)Nc2ccc(Cl)c(Cl)c2)C1.